The van der Waals surface area contributed by atoms with Crippen molar-refractivity contribution >= 4 is 21.6 Å². The maximum absolute atomic E-state index is 13.9. The molecule has 3 heterocycles. The van der Waals surface area contributed by atoms with Gasteiger partial charge in [-0.25, -0.2) is 8.42 Å². The van der Waals surface area contributed by atoms with E-state index in [-0.39, 0.29) is 22.8 Å². The van der Waals surface area contributed by atoms with Crippen molar-refractivity contribution in [1.82, 2.24) is 9.21 Å². The molecule has 0 bridgehead atoms. The molecule has 1 amide bonds. The number of sulfonamides is 1. The molecule has 2 fully saturated rings. The predicted octanol–water partition coefficient (Wildman–Crippen LogP) is 4.11. The zero-order chi connectivity index (χ0) is 24.2. The van der Waals surface area contributed by atoms with E-state index in [1.807, 2.05) is 4.90 Å². The maximum Gasteiger partial charge on any atom is 0.258 e. The van der Waals surface area contributed by atoms with Crippen molar-refractivity contribution in [1.29, 1.82) is 0 Å². The van der Waals surface area contributed by atoms with Gasteiger partial charge in [0.15, 0.2) is 0 Å². The topological polar surface area (TPSA) is 60.9 Å². The fourth-order valence-electron chi connectivity index (χ4n) is 6.23. The van der Waals surface area contributed by atoms with E-state index < -0.39 is 10.0 Å². The lowest BCUT2D eigenvalue weighted by Crippen LogP contribution is -2.47. The van der Waals surface area contributed by atoms with Gasteiger partial charge in [-0.15, -0.1) is 0 Å². The minimum Gasteiger partial charge on any atom is -0.306 e. The maximum atomic E-state index is 13.9. The highest BCUT2D eigenvalue weighted by Gasteiger charge is 2.44. The second-order valence-corrected chi connectivity index (χ2v) is 12.7. The van der Waals surface area contributed by atoms with Crippen LogP contribution in [0.15, 0.2) is 47.4 Å². The Morgan fingerprint density at radius 3 is 2.47 bits per heavy atom. The molecule has 0 spiro atoms. The number of likely N-dealkylation sites (tertiary alicyclic amines) is 1. The van der Waals surface area contributed by atoms with E-state index in [0.717, 1.165) is 31.6 Å². The van der Waals surface area contributed by atoms with Crippen LogP contribution < -0.4 is 4.90 Å². The van der Waals surface area contributed by atoms with E-state index in [2.05, 4.69) is 50.9 Å². The van der Waals surface area contributed by atoms with Crippen LogP contribution in [0.1, 0.15) is 54.1 Å². The Bertz CT molecular complexity index is 1200. The summed E-state index contributed by atoms with van der Waals surface area (Å²) in [6, 6.07) is 13.1. The van der Waals surface area contributed by atoms with Crippen molar-refractivity contribution < 1.29 is 13.2 Å². The van der Waals surface area contributed by atoms with Gasteiger partial charge in [0.05, 0.1) is 4.90 Å². The van der Waals surface area contributed by atoms with Crippen molar-refractivity contribution in [3.63, 3.8) is 0 Å². The molecule has 0 saturated carbocycles. The van der Waals surface area contributed by atoms with Gasteiger partial charge in [-0.3, -0.25) is 4.79 Å². The van der Waals surface area contributed by atoms with Gasteiger partial charge < -0.3 is 9.80 Å². The Morgan fingerprint density at radius 2 is 1.74 bits per heavy atom. The molecule has 4 atom stereocenters. The van der Waals surface area contributed by atoms with Crippen LogP contribution in [0, 0.1) is 18.8 Å². The van der Waals surface area contributed by atoms with E-state index >= 15 is 0 Å². The highest BCUT2D eigenvalue weighted by Crippen LogP contribution is 2.45. The molecule has 0 N–H and O–H groups in total. The Balaban J connectivity index is 1.49. The van der Waals surface area contributed by atoms with Gasteiger partial charge in [-0.05, 0) is 75.0 Å². The summed E-state index contributed by atoms with van der Waals surface area (Å²) in [5.41, 5.74) is 3.82. The molecule has 3 aliphatic rings. The molecule has 34 heavy (non-hydrogen) atoms. The molecule has 6 nitrogen and oxygen atoms in total. The number of carbonyl (C=O) groups is 1. The number of hydrogen-bond donors (Lipinski definition) is 0. The first kappa shape index (κ1) is 23.5. The number of nitrogens with zero attached hydrogens (tertiary/aromatic N) is 3. The molecular weight excluding hydrogens is 446 g/mol. The van der Waals surface area contributed by atoms with Crippen molar-refractivity contribution in [2.24, 2.45) is 11.8 Å². The number of amides is 1. The van der Waals surface area contributed by atoms with Gasteiger partial charge in [0.25, 0.3) is 5.91 Å². The van der Waals surface area contributed by atoms with E-state index in [9.17, 15) is 13.2 Å². The number of hydrogen-bond acceptors (Lipinski definition) is 4. The van der Waals surface area contributed by atoms with Crippen LogP contribution in [0.2, 0.25) is 0 Å². The minimum absolute atomic E-state index is 0.101. The third-order valence-corrected chi connectivity index (χ3v) is 9.55. The molecule has 2 aromatic rings. The summed E-state index contributed by atoms with van der Waals surface area (Å²) in [4.78, 5) is 18.4. The highest BCUT2D eigenvalue weighted by molar-refractivity contribution is 7.89. The number of carbonyl (C=O) groups excluding carboxylic acids is 1. The van der Waals surface area contributed by atoms with Crippen LogP contribution in [0.5, 0.6) is 0 Å². The summed E-state index contributed by atoms with van der Waals surface area (Å²) in [5.74, 6) is 0.823. The predicted molar refractivity (Wildman–Crippen MR) is 135 cm³/mol. The molecule has 182 valence electrons. The fraction of sp³-hybridized carbons (Fsp3) is 0.519. The summed E-state index contributed by atoms with van der Waals surface area (Å²) in [6.07, 6.45) is 1.94. The quantitative estimate of drug-likeness (QED) is 0.662. The Hall–Kier alpha value is -2.22. The Labute approximate surface area is 203 Å². The van der Waals surface area contributed by atoms with E-state index in [1.165, 1.54) is 11.1 Å². The lowest BCUT2D eigenvalue weighted by molar-refractivity contribution is 0.0964. The second-order valence-electron chi connectivity index (χ2n) is 10.8. The molecule has 0 radical (unpaired) electrons. The minimum atomic E-state index is -3.65. The normalized spacial score (nSPS) is 27.9. The van der Waals surface area contributed by atoms with Gasteiger partial charge >= 0.3 is 0 Å². The number of piperidine rings is 2. The third-order valence-electron chi connectivity index (χ3n) is 7.73. The molecule has 0 aromatic heterocycles. The third kappa shape index (κ3) is 4.08. The summed E-state index contributed by atoms with van der Waals surface area (Å²) in [7, 11) is -1.52. The average Bonchev–Trinajstić information content (AvgIpc) is 3.10. The standard InChI is InChI=1S/C27H35N3O3S/c1-18-8-9-25-23(13-18)24-17-28(4)11-10-26(24)30(25)27(31)21-6-5-7-22(14-21)34(32,33)29-15-19(2)12-20(3)16-29/h5-9,13-14,19-20,24,26H,10-12,15-17H2,1-4H3/t19-,20+,24-,26+/m0/s1. The van der Waals surface area contributed by atoms with E-state index in [4.69, 9.17) is 0 Å². The van der Waals surface area contributed by atoms with Gasteiger partial charge in [-0.1, -0.05) is 37.6 Å². The molecule has 7 heteroatoms. The lowest BCUT2D eigenvalue weighted by atomic mass is 9.88. The lowest BCUT2D eigenvalue weighted by Gasteiger charge is -2.36. The second kappa shape index (κ2) is 8.77. The summed E-state index contributed by atoms with van der Waals surface area (Å²) < 4.78 is 28.5. The van der Waals surface area contributed by atoms with Crippen LogP contribution in [0.3, 0.4) is 0 Å². The van der Waals surface area contributed by atoms with Crippen molar-refractivity contribution in [2.45, 2.75) is 50.5 Å². The number of benzene rings is 2. The smallest absolute Gasteiger partial charge is 0.258 e. The molecular formula is C27H35N3O3S. The van der Waals surface area contributed by atoms with Crippen molar-refractivity contribution in [3.05, 3.63) is 59.2 Å². The molecule has 5 rings (SSSR count). The zero-order valence-electron chi connectivity index (χ0n) is 20.6. The summed E-state index contributed by atoms with van der Waals surface area (Å²) in [6.45, 7) is 9.21. The number of aryl methyl sites for hydroxylation is 1. The first-order chi connectivity index (χ1) is 16.1. The molecule has 3 aliphatic heterocycles. The number of anilines is 1. The molecule has 0 aliphatic carbocycles. The Kier molecular flexibility index (Phi) is 6.07. The monoisotopic (exact) mass is 481 g/mol. The van der Waals surface area contributed by atoms with Crippen molar-refractivity contribution in [3.8, 4) is 0 Å². The van der Waals surface area contributed by atoms with Crippen molar-refractivity contribution in [2.75, 3.05) is 38.1 Å². The number of rotatable bonds is 3. The van der Waals surface area contributed by atoms with Gasteiger partial charge in [-0.2, -0.15) is 4.31 Å². The van der Waals surface area contributed by atoms with Gasteiger partial charge in [0, 0.05) is 42.8 Å². The van der Waals surface area contributed by atoms with E-state index in [1.54, 1.807) is 28.6 Å². The van der Waals surface area contributed by atoms with Crippen LogP contribution in [-0.4, -0.2) is 62.8 Å². The Morgan fingerprint density at radius 1 is 1.00 bits per heavy atom. The van der Waals surface area contributed by atoms with Gasteiger partial charge in [0.1, 0.15) is 0 Å². The van der Waals surface area contributed by atoms with Crippen LogP contribution in [-0.2, 0) is 10.0 Å². The van der Waals surface area contributed by atoms with Gasteiger partial charge in [0.2, 0.25) is 10.0 Å². The van der Waals surface area contributed by atoms with Crippen LogP contribution in [0.25, 0.3) is 0 Å². The number of fused-ring (bicyclic) bond motifs is 3. The highest BCUT2D eigenvalue weighted by atomic mass is 32.2. The number of likely N-dealkylation sites (N-methyl/N-ethyl adjacent to an activating group) is 1. The first-order valence-electron chi connectivity index (χ1n) is 12.4. The molecule has 2 aromatic carbocycles. The largest absolute Gasteiger partial charge is 0.306 e. The zero-order valence-corrected chi connectivity index (χ0v) is 21.4. The summed E-state index contributed by atoms with van der Waals surface area (Å²) >= 11 is 0. The van der Waals surface area contributed by atoms with Crippen LogP contribution >= 0.6 is 0 Å². The average molecular weight is 482 g/mol. The first-order valence-corrected chi connectivity index (χ1v) is 13.8. The fourth-order valence-corrected chi connectivity index (χ4v) is 7.95. The SMILES string of the molecule is Cc1ccc2c(c1)[C@@H]1CN(C)CC[C@H]1N2C(=O)c1cccc(S(=O)(=O)N2C[C@H](C)C[C@H](C)C2)c1. The molecule has 2 saturated heterocycles. The molecule has 0 unspecified atom stereocenters. The summed E-state index contributed by atoms with van der Waals surface area (Å²) in [5, 5.41) is 0. The van der Waals surface area contributed by atoms with Crippen LogP contribution in [0.4, 0.5) is 5.69 Å². The van der Waals surface area contributed by atoms with E-state index in [0.29, 0.717) is 30.5 Å².